The SMILES string of the molecule is CC1CNCCN(CC(C)(C)C)C1. The molecule has 0 saturated carbocycles. The number of nitrogens with one attached hydrogen (secondary N) is 1. The number of nitrogens with zero attached hydrogens (tertiary/aromatic N) is 1. The van der Waals surface area contributed by atoms with E-state index in [4.69, 9.17) is 0 Å². The Hall–Kier alpha value is -0.0800. The number of rotatable bonds is 1. The molecule has 1 aliphatic rings. The fourth-order valence-corrected chi connectivity index (χ4v) is 2.00. The average Bonchev–Trinajstić information content (AvgIpc) is 2.10. The van der Waals surface area contributed by atoms with E-state index in [2.05, 4.69) is 37.9 Å². The zero-order chi connectivity index (χ0) is 9.90. The number of hydrogen-bond acceptors (Lipinski definition) is 2. The Morgan fingerprint density at radius 1 is 1.38 bits per heavy atom. The van der Waals surface area contributed by atoms with Crippen molar-refractivity contribution < 1.29 is 0 Å². The van der Waals surface area contributed by atoms with E-state index in [-0.39, 0.29) is 0 Å². The second kappa shape index (κ2) is 4.43. The Morgan fingerprint density at radius 2 is 2.08 bits per heavy atom. The first kappa shape index (κ1) is 11.0. The molecule has 0 aromatic carbocycles. The van der Waals surface area contributed by atoms with Crippen molar-refractivity contribution in [1.82, 2.24) is 10.2 Å². The molecule has 0 aromatic heterocycles. The van der Waals surface area contributed by atoms with Crippen molar-refractivity contribution in [3.8, 4) is 0 Å². The molecule has 1 saturated heterocycles. The zero-order valence-corrected chi connectivity index (χ0v) is 9.56. The second-order valence-corrected chi connectivity index (χ2v) is 5.61. The molecule has 0 aliphatic carbocycles. The van der Waals surface area contributed by atoms with Gasteiger partial charge in [0.1, 0.15) is 0 Å². The molecule has 1 aliphatic heterocycles. The number of hydrogen-bond donors (Lipinski definition) is 1. The maximum Gasteiger partial charge on any atom is 0.0107 e. The van der Waals surface area contributed by atoms with E-state index in [9.17, 15) is 0 Å². The minimum absolute atomic E-state index is 0.435. The quantitative estimate of drug-likeness (QED) is 0.665. The molecule has 1 atom stereocenters. The van der Waals surface area contributed by atoms with Gasteiger partial charge in [0.05, 0.1) is 0 Å². The Kier molecular flexibility index (Phi) is 3.74. The summed E-state index contributed by atoms with van der Waals surface area (Å²) >= 11 is 0. The Bertz CT molecular complexity index is 149. The van der Waals surface area contributed by atoms with Crippen LogP contribution in [0.2, 0.25) is 0 Å². The summed E-state index contributed by atoms with van der Waals surface area (Å²) in [4.78, 5) is 2.59. The van der Waals surface area contributed by atoms with Crippen LogP contribution in [0.5, 0.6) is 0 Å². The molecule has 2 nitrogen and oxygen atoms in total. The van der Waals surface area contributed by atoms with Gasteiger partial charge in [0, 0.05) is 26.2 Å². The van der Waals surface area contributed by atoms with Crippen molar-refractivity contribution in [2.75, 3.05) is 32.7 Å². The molecule has 1 unspecified atom stereocenters. The van der Waals surface area contributed by atoms with Gasteiger partial charge in [0.25, 0.3) is 0 Å². The summed E-state index contributed by atoms with van der Waals surface area (Å²) in [5.41, 5.74) is 0.435. The lowest BCUT2D eigenvalue weighted by Crippen LogP contribution is -2.36. The van der Waals surface area contributed by atoms with Crippen LogP contribution < -0.4 is 5.32 Å². The highest BCUT2D eigenvalue weighted by molar-refractivity contribution is 4.75. The van der Waals surface area contributed by atoms with Crippen LogP contribution in [0.4, 0.5) is 0 Å². The molecule has 2 heteroatoms. The van der Waals surface area contributed by atoms with E-state index in [1.807, 2.05) is 0 Å². The summed E-state index contributed by atoms with van der Waals surface area (Å²) in [6, 6.07) is 0. The lowest BCUT2D eigenvalue weighted by Gasteiger charge is -2.29. The van der Waals surface area contributed by atoms with Crippen LogP contribution >= 0.6 is 0 Å². The second-order valence-electron chi connectivity index (χ2n) is 5.61. The first-order valence-electron chi connectivity index (χ1n) is 5.40. The Morgan fingerprint density at radius 3 is 2.69 bits per heavy atom. The predicted octanol–water partition coefficient (Wildman–Crippen LogP) is 1.57. The first-order chi connectivity index (χ1) is 5.97. The summed E-state index contributed by atoms with van der Waals surface area (Å²) in [5, 5.41) is 3.47. The lowest BCUT2D eigenvalue weighted by molar-refractivity contribution is 0.186. The van der Waals surface area contributed by atoms with Gasteiger partial charge in [-0.05, 0) is 17.9 Å². The largest absolute Gasteiger partial charge is 0.315 e. The smallest absolute Gasteiger partial charge is 0.0107 e. The molecule has 0 aromatic rings. The van der Waals surface area contributed by atoms with Gasteiger partial charge in [0.2, 0.25) is 0 Å². The first-order valence-corrected chi connectivity index (χ1v) is 5.40. The van der Waals surface area contributed by atoms with Crippen LogP contribution in [-0.2, 0) is 0 Å². The van der Waals surface area contributed by atoms with E-state index < -0.39 is 0 Å². The van der Waals surface area contributed by atoms with Gasteiger partial charge in [-0.3, -0.25) is 0 Å². The molecule has 1 heterocycles. The van der Waals surface area contributed by atoms with Crippen molar-refractivity contribution in [2.45, 2.75) is 27.7 Å². The summed E-state index contributed by atoms with van der Waals surface area (Å²) in [6.07, 6.45) is 0. The van der Waals surface area contributed by atoms with Crippen molar-refractivity contribution in [2.24, 2.45) is 11.3 Å². The molecule has 0 amide bonds. The van der Waals surface area contributed by atoms with Gasteiger partial charge in [-0.15, -0.1) is 0 Å². The Labute approximate surface area is 82.7 Å². The maximum atomic E-state index is 3.47. The lowest BCUT2D eigenvalue weighted by atomic mass is 9.95. The molecular formula is C11H24N2. The molecule has 0 spiro atoms. The van der Waals surface area contributed by atoms with Crippen LogP contribution in [0.3, 0.4) is 0 Å². The molecule has 0 radical (unpaired) electrons. The van der Waals surface area contributed by atoms with Crippen LogP contribution in [0.1, 0.15) is 27.7 Å². The van der Waals surface area contributed by atoms with Crippen molar-refractivity contribution >= 4 is 0 Å². The third-order valence-electron chi connectivity index (χ3n) is 2.37. The normalized spacial score (nSPS) is 27.2. The highest BCUT2D eigenvalue weighted by Crippen LogP contribution is 2.16. The minimum atomic E-state index is 0.435. The van der Waals surface area contributed by atoms with Gasteiger partial charge in [-0.2, -0.15) is 0 Å². The third-order valence-corrected chi connectivity index (χ3v) is 2.37. The van der Waals surface area contributed by atoms with E-state index in [0.717, 1.165) is 12.5 Å². The highest BCUT2D eigenvalue weighted by atomic mass is 15.2. The van der Waals surface area contributed by atoms with Gasteiger partial charge in [-0.1, -0.05) is 27.7 Å². The zero-order valence-electron chi connectivity index (χ0n) is 9.56. The minimum Gasteiger partial charge on any atom is -0.315 e. The van der Waals surface area contributed by atoms with Crippen LogP contribution in [-0.4, -0.2) is 37.6 Å². The molecule has 0 bridgehead atoms. The molecular weight excluding hydrogens is 160 g/mol. The van der Waals surface area contributed by atoms with E-state index in [1.165, 1.54) is 26.2 Å². The topological polar surface area (TPSA) is 15.3 Å². The summed E-state index contributed by atoms with van der Waals surface area (Å²) in [7, 11) is 0. The van der Waals surface area contributed by atoms with Crippen molar-refractivity contribution in [3.05, 3.63) is 0 Å². The molecule has 78 valence electrons. The van der Waals surface area contributed by atoms with Crippen LogP contribution in [0.15, 0.2) is 0 Å². The van der Waals surface area contributed by atoms with E-state index >= 15 is 0 Å². The van der Waals surface area contributed by atoms with E-state index in [0.29, 0.717) is 5.41 Å². The standard InChI is InChI=1S/C11H24N2/c1-10-7-12-5-6-13(8-10)9-11(2,3)4/h10,12H,5-9H2,1-4H3. The summed E-state index contributed by atoms with van der Waals surface area (Å²) in [5.74, 6) is 0.796. The van der Waals surface area contributed by atoms with Gasteiger partial charge >= 0.3 is 0 Å². The summed E-state index contributed by atoms with van der Waals surface area (Å²) < 4.78 is 0. The average molecular weight is 184 g/mol. The maximum absolute atomic E-state index is 3.47. The van der Waals surface area contributed by atoms with Crippen molar-refractivity contribution in [1.29, 1.82) is 0 Å². The van der Waals surface area contributed by atoms with Gasteiger partial charge < -0.3 is 10.2 Å². The molecule has 13 heavy (non-hydrogen) atoms. The van der Waals surface area contributed by atoms with Crippen LogP contribution in [0.25, 0.3) is 0 Å². The predicted molar refractivity (Wildman–Crippen MR) is 57.9 cm³/mol. The van der Waals surface area contributed by atoms with Gasteiger partial charge in [0.15, 0.2) is 0 Å². The molecule has 1 N–H and O–H groups in total. The highest BCUT2D eigenvalue weighted by Gasteiger charge is 2.19. The monoisotopic (exact) mass is 184 g/mol. The Balaban J connectivity index is 2.39. The molecule has 1 rings (SSSR count). The fourth-order valence-electron chi connectivity index (χ4n) is 2.00. The summed E-state index contributed by atoms with van der Waals surface area (Å²) in [6.45, 7) is 15.3. The van der Waals surface area contributed by atoms with Crippen molar-refractivity contribution in [3.63, 3.8) is 0 Å². The molecule has 1 fully saturated rings. The van der Waals surface area contributed by atoms with Gasteiger partial charge in [-0.25, -0.2) is 0 Å². The van der Waals surface area contributed by atoms with Crippen LogP contribution in [0, 0.1) is 11.3 Å². The van der Waals surface area contributed by atoms with E-state index in [1.54, 1.807) is 0 Å². The fraction of sp³-hybridized carbons (Fsp3) is 1.00. The third kappa shape index (κ3) is 4.63.